The summed E-state index contributed by atoms with van der Waals surface area (Å²) in [7, 11) is -2.89. The summed E-state index contributed by atoms with van der Waals surface area (Å²) in [6.45, 7) is 9.83. The van der Waals surface area contributed by atoms with E-state index >= 15 is 0 Å². The average molecular weight is 325 g/mol. The number of hydrogen-bond acceptors (Lipinski definition) is 4. The fraction of sp³-hybridized carbons (Fsp3) is 0.647. The molecule has 1 atom stereocenters. The molecule has 0 amide bonds. The van der Waals surface area contributed by atoms with Gasteiger partial charge in [0.2, 0.25) is 0 Å². The second-order valence-electron chi connectivity index (χ2n) is 7.21. The molecule has 22 heavy (non-hydrogen) atoms. The Hall–Kier alpha value is -1.07. The van der Waals surface area contributed by atoms with Crippen molar-refractivity contribution in [3.8, 4) is 5.75 Å². The van der Waals surface area contributed by atoms with Crippen molar-refractivity contribution < 1.29 is 13.5 Å². The van der Waals surface area contributed by atoms with Gasteiger partial charge in [0.1, 0.15) is 5.75 Å². The normalized spacial score (nSPS) is 21.4. The first-order valence-corrected chi connectivity index (χ1v) is 9.71. The predicted octanol–water partition coefficient (Wildman–Crippen LogP) is 2.70. The van der Waals surface area contributed by atoms with Crippen LogP contribution >= 0.6 is 0 Å². The van der Waals surface area contributed by atoms with Crippen LogP contribution in [0.25, 0.3) is 0 Å². The minimum absolute atomic E-state index is 0.0240. The van der Waals surface area contributed by atoms with Gasteiger partial charge in [-0.2, -0.15) is 0 Å². The average Bonchev–Trinajstić information content (AvgIpc) is 2.76. The molecule has 0 saturated carbocycles. The van der Waals surface area contributed by atoms with Gasteiger partial charge >= 0.3 is 0 Å². The van der Waals surface area contributed by atoms with Gasteiger partial charge in [-0.3, -0.25) is 4.90 Å². The van der Waals surface area contributed by atoms with Crippen LogP contribution in [0.4, 0.5) is 0 Å². The molecule has 1 heterocycles. The zero-order valence-corrected chi connectivity index (χ0v) is 14.8. The van der Waals surface area contributed by atoms with Crippen molar-refractivity contribution in [2.75, 3.05) is 18.1 Å². The molecule has 0 bridgehead atoms. The van der Waals surface area contributed by atoms with Crippen LogP contribution in [0.3, 0.4) is 0 Å². The van der Waals surface area contributed by atoms with Crippen LogP contribution in [-0.2, 0) is 21.8 Å². The van der Waals surface area contributed by atoms with Crippen LogP contribution in [0.15, 0.2) is 18.2 Å². The van der Waals surface area contributed by atoms with Crippen molar-refractivity contribution in [1.29, 1.82) is 0 Å². The van der Waals surface area contributed by atoms with E-state index in [4.69, 9.17) is 0 Å². The Morgan fingerprint density at radius 1 is 1.32 bits per heavy atom. The number of benzene rings is 1. The molecule has 124 valence electrons. The van der Waals surface area contributed by atoms with Crippen molar-refractivity contribution in [1.82, 2.24) is 4.90 Å². The van der Waals surface area contributed by atoms with Gasteiger partial charge in [0, 0.05) is 18.2 Å². The maximum atomic E-state index is 11.7. The third-order valence-corrected chi connectivity index (χ3v) is 6.20. The Kier molecular flexibility index (Phi) is 4.87. The van der Waals surface area contributed by atoms with E-state index in [0.29, 0.717) is 13.0 Å². The number of sulfone groups is 1. The monoisotopic (exact) mass is 325 g/mol. The van der Waals surface area contributed by atoms with E-state index in [1.165, 1.54) is 5.56 Å². The molecular formula is C17H27NO3S. The molecule has 1 fully saturated rings. The van der Waals surface area contributed by atoms with E-state index in [1.807, 2.05) is 19.1 Å². The van der Waals surface area contributed by atoms with E-state index in [-0.39, 0.29) is 28.7 Å². The Bertz CT molecular complexity index is 632. The number of aromatic hydroxyl groups is 1. The van der Waals surface area contributed by atoms with E-state index in [1.54, 1.807) is 6.07 Å². The largest absolute Gasteiger partial charge is 0.508 e. The summed E-state index contributed by atoms with van der Waals surface area (Å²) in [5.74, 6) is 0.801. The molecule has 1 saturated heterocycles. The molecule has 1 aliphatic heterocycles. The fourth-order valence-corrected chi connectivity index (χ4v) is 4.72. The standard InChI is InChI=1S/C17H27NO3S/c1-5-18(15-8-9-22(20,21)12-15)11-13-10-14(17(2,3)4)6-7-16(13)19/h6-7,10,15,19H,5,8-9,11-12H2,1-4H3. The van der Waals surface area contributed by atoms with Crippen LogP contribution < -0.4 is 0 Å². The van der Waals surface area contributed by atoms with Crippen molar-refractivity contribution in [2.24, 2.45) is 0 Å². The fourth-order valence-electron chi connectivity index (χ4n) is 2.96. The Morgan fingerprint density at radius 3 is 2.50 bits per heavy atom. The second-order valence-corrected chi connectivity index (χ2v) is 9.44. The lowest BCUT2D eigenvalue weighted by Gasteiger charge is -2.28. The predicted molar refractivity (Wildman–Crippen MR) is 89.9 cm³/mol. The number of phenols is 1. The Balaban J connectivity index is 2.21. The third-order valence-electron chi connectivity index (χ3n) is 4.45. The van der Waals surface area contributed by atoms with Crippen molar-refractivity contribution in [2.45, 2.75) is 52.1 Å². The summed E-state index contributed by atoms with van der Waals surface area (Å²) in [5, 5.41) is 10.1. The van der Waals surface area contributed by atoms with Crippen LogP contribution in [0.5, 0.6) is 5.75 Å². The topological polar surface area (TPSA) is 57.6 Å². The lowest BCUT2D eigenvalue weighted by molar-refractivity contribution is 0.212. The van der Waals surface area contributed by atoms with E-state index in [0.717, 1.165) is 12.1 Å². The summed E-state index contributed by atoms with van der Waals surface area (Å²) in [5.41, 5.74) is 2.07. The van der Waals surface area contributed by atoms with E-state index < -0.39 is 9.84 Å². The molecule has 0 spiro atoms. The van der Waals surface area contributed by atoms with Gasteiger partial charge in [0.05, 0.1) is 11.5 Å². The highest BCUT2D eigenvalue weighted by Gasteiger charge is 2.32. The van der Waals surface area contributed by atoms with Gasteiger partial charge in [0.15, 0.2) is 9.84 Å². The van der Waals surface area contributed by atoms with Crippen LogP contribution in [0.1, 0.15) is 45.2 Å². The number of rotatable bonds is 4. The highest BCUT2D eigenvalue weighted by atomic mass is 32.2. The van der Waals surface area contributed by atoms with Gasteiger partial charge in [0.25, 0.3) is 0 Å². The second kappa shape index (κ2) is 6.20. The molecule has 2 rings (SSSR count). The summed E-state index contributed by atoms with van der Waals surface area (Å²) >= 11 is 0. The number of hydrogen-bond donors (Lipinski definition) is 1. The zero-order chi connectivity index (χ0) is 16.5. The lowest BCUT2D eigenvalue weighted by Crippen LogP contribution is -2.35. The maximum Gasteiger partial charge on any atom is 0.151 e. The van der Waals surface area contributed by atoms with Crippen LogP contribution in [-0.4, -0.2) is 42.5 Å². The number of nitrogens with zero attached hydrogens (tertiary/aromatic N) is 1. The molecule has 1 unspecified atom stereocenters. The SMILES string of the molecule is CCN(Cc1cc(C(C)(C)C)ccc1O)C1CCS(=O)(=O)C1. The first kappa shape index (κ1) is 17.3. The Morgan fingerprint density at radius 2 is 2.00 bits per heavy atom. The molecule has 0 aliphatic carbocycles. The Labute approximate surface area is 134 Å². The van der Waals surface area contributed by atoms with Gasteiger partial charge in [-0.1, -0.05) is 39.8 Å². The summed E-state index contributed by atoms with van der Waals surface area (Å²) < 4.78 is 23.4. The van der Waals surface area contributed by atoms with Gasteiger partial charge < -0.3 is 5.11 Å². The van der Waals surface area contributed by atoms with E-state index in [9.17, 15) is 13.5 Å². The van der Waals surface area contributed by atoms with Gasteiger partial charge in [-0.25, -0.2) is 8.42 Å². The summed E-state index contributed by atoms with van der Waals surface area (Å²) in [4.78, 5) is 2.16. The van der Waals surface area contributed by atoms with Crippen molar-refractivity contribution >= 4 is 9.84 Å². The molecule has 1 N–H and O–H groups in total. The maximum absolute atomic E-state index is 11.7. The molecule has 0 aromatic heterocycles. The molecule has 4 nitrogen and oxygen atoms in total. The molecular weight excluding hydrogens is 298 g/mol. The van der Waals surface area contributed by atoms with Crippen LogP contribution in [0, 0.1) is 0 Å². The van der Waals surface area contributed by atoms with Crippen molar-refractivity contribution in [3.05, 3.63) is 29.3 Å². The molecule has 1 aromatic carbocycles. The highest BCUT2D eigenvalue weighted by Crippen LogP contribution is 2.29. The third kappa shape index (κ3) is 4.02. The minimum atomic E-state index is -2.89. The van der Waals surface area contributed by atoms with Gasteiger partial charge in [-0.15, -0.1) is 0 Å². The van der Waals surface area contributed by atoms with Crippen LogP contribution in [0.2, 0.25) is 0 Å². The summed E-state index contributed by atoms with van der Waals surface area (Å²) in [6, 6.07) is 5.80. The molecule has 0 radical (unpaired) electrons. The zero-order valence-electron chi connectivity index (χ0n) is 14.0. The quantitative estimate of drug-likeness (QED) is 0.925. The molecule has 1 aromatic rings. The first-order valence-electron chi connectivity index (χ1n) is 7.89. The molecule has 1 aliphatic rings. The lowest BCUT2D eigenvalue weighted by atomic mass is 9.86. The first-order chi connectivity index (χ1) is 10.1. The van der Waals surface area contributed by atoms with E-state index in [2.05, 4.69) is 25.7 Å². The highest BCUT2D eigenvalue weighted by molar-refractivity contribution is 7.91. The summed E-state index contributed by atoms with van der Waals surface area (Å²) in [6.07, 6.45) is 0.690. The molecule has 5 heteroatoms. The number of phenolic OH excluding ortho intramolecular Hbond substituents is 1. The van der Waals surface area contributed by atoms with Gasteiger partial charge in [-0.05, 0) is 30.0 Å². The van der Waals surface area contributed by atoms with Crippen molar-refractivity contribution in [3.63, 3.8) is 0 Å². The minimum Gasteiger partial charge on any atom is -0.508 e. The smallest absolute Gasteiger partial charge is 0.151 e.